The second-order valence-electron chi connectivity index (χ2n) is 6.34. The molecule has 0 atom stereocenters. The number of hydrogen-bond donors (Lipinski definition) is 1. The number of fused-ring (bicyclic) bond motifs is 4. The quantitative estimate of drug-likeness (QED) is 0.449. The lowest BCUT2D eigenvalue weighted by Gasteiger charge is -2.08. The zero-order valence-electron chi connectivity index (χ0n) is 13.8. The molecule has 0 amide bonds. The third-order valence-electron chi connectivity index (χ3n) is 4.68. The lowest BCUT2D eigenvalue weighted by atomic mass is 10.1. The number of nitrogen functional groups attached to an aromatic ring is 1. The number of nitrogens with two attached hydrogens (primary N) is 1. The standard InChI is InChI=1S/C20H15N5O/c21-15-6-3-5-14(8-15)20(26)19-10-16-9-13-4-1-2-7-18(13)24(16)12-17-11-22-23-25(17)19/h1-11H,12,21H2. The number of benzene rings is 2. The smallest absolute Gasteiger partial charge is 0.211 e. The van der Waals surface area contributed by atoms with Crippen LogP contribution < -0.4 is 5.73 Å². The summed E-state index contributed by atoms with van der Waals surface area (Å²) in [4.78, 5) is 13.2. The molecule has 126 valence electrons. The van der Waals surface area contributed by atoms with Gasteiger partial charge in [0.05, 0.1) is 18.4 Å². The van der Waals surface area contributed by atoms with Gasteiger partial charge in [-0.2, -0.15) is 0 Å². The molecule has 26 heavy (non-hydrogen) atoms. The van der Waals surface area contributed by atoms with E-state index < -0.39 is 0 Å². The molecule has 1 aliphatic heterocycles. The van der Waals surface area contributed by atoms with Gasteiger partial charge in [-0.15, -0.1) is 5.10 Å². The predicted molar refractivity (Wildman–Crippen MR) is 100 cm³/mol. The van der Waals surface area contributed by atoms with Crippen LogP contribution in [0.1, 0.15) is 21.7 Å². The minimum atomic E-state index is -0.136. The predicted octanol–water partition coefficient (Wildman–Crippen LogP) is 3.06. The maximum absolute atomic E-state index is 13.2. The van der Waals surface area contributed by atoms with E-state index >= 15 is 0 Å². The fourth-order valence-electron chi connectivity index (χ4n) is 3.45. The number of carbonyl (C=O) groups excluding carboxylic acids is 1. The Hall–Kier alpha value is -3.67. The van der Waals surface area contributed by atoms with E-state index in [9.17, 15) is 4.79 Å². The summed E-state index contributed by atoms with van der Waals surface area (Å²) in [5, 5.41) is 9.29. The third kappa shape index (κ3) is 2.16. The van der Waals surface area contributed by atoms with E-state index in [-0.39, 0.29) is 5.78 Å². The number of anilines is 1. The lowest BCUT2D eigenvalue weighted by molar-refractivity contribution is 0.105. The van der Waals surface area contributed by atoms with Gasteiger partial charge in [-0.3, -0.25) is 4.79 Å². The zero-order valence-corrected chi connectivity index (χ0v) is 13.8. The van der Waals surface area contributed by atoms with Crippen molar-refractivity contribution in [2.24, 2.45) is 0 Å². The van der Waals surface area contributed by atoms with Crippen molar-refractivity contribution in [3.05, 3.63) is 77.7 Å². The highest BCUT2D eigenvalue weighted by molar-refractivity contribution is 6.28. The number of para-hydroxylation sites is 1. The fourth-order valence-corrected chi connectivity index (χ4v) is 3.45. The molecular weight excluding hydrogens is 326 g/mol. The van der Waals surface area contributed by atoms with Crippen LogP contribution in [0.2, 0.25) is 0 Å². The molecule has 0 saturated heterocycles. The van der Waals surface area contributed by atoms with Crippen molar-refractivity contribution in [3.63, 3.8) is 0 Å². The van der Waals surface area contributed by atoms with Crippen molar-refractivity contribution in [2.75, 3.05) is 5.73 Å². The van der Waals surface area contributed by atoms with E-state index in [1.54, 1.807) is 35.1 Å². The average Bonchev–Trinajstić information content (AvgIpc) is 3.21. The van der Waals surface area contributed by atoms with Gasteiger partial charge in [-0.05, 0) is 30.3 Å². The van der Waals surface area contributed by atoms with Crippen LogP contribution in [0.4, 0.5) is 5.69 Å². The zero-order chi connectivity index (χ0) is 17.7. The Morgan fingerprint density at radius 1 is 1.08 bits per heavy atom. The fraction of sp³-hybridized carbons (Fsp3) is 0.0500. The SMILES string of the molecule is Nc1cccc(C(=O)C2=Cc3cc4ccccc4n3Cc3cnnn32)c1. The Morgan fingerprint density at radius 2 is 1.96 bits per heavy atom. The summed E-state index contributed by atoms with van der Waals surface area (Å²) in [6.45, 7) is 0.597. The molecule has 0 unspecified atom stereocenters. The van der Waals surface area contributed by atoms with Gasteiger partial charge in [-0.1, -0.05) is 35.5 Å². The molecule has 5 rings (SSSR count). The van der Waals surface area contributed by atoms with E-state index in [2.05, 4.69) is 33.1 Å². The maximum atomic E-state index is 13.2. The highest BCUT2D eigenvalue weighted by Crippen LogP contribution is 2.28. The van der Waals surface area contributed by atoms with Crippen LogP contribution in [0.25, 0.3) is 22.7 Å². The Balaban J connectivity index is 1.74. The van der Waals surface area contributed by atoms with Crippen LogP contribution in [0, 0.1) is 0 Å². The normalized spacial score (nSPS) is 13.0. The molecule has 4 aromatic rings. The summed E-state index contributed by atoms with van der Waals surface area (Å²) in [5.41, 5.74) is 10.3. The van der Waals surface area contributed by atoms with E-state index in [4.69, 9.17) is 5.73 Å². The van der Waals surface area contributed by atoms with Gasteiger partial charge in [0.2, 0.25) is 5.78 Å². The molecule has 6 nitrogen and oxygen atoms in total. The van der Waals surface area contributed by atoms with E-state index in [1.165, 1.54) is 0 Å². The van der Waals surface area contributed by atoms with Crippen LogP contribution in [0.3, 0.4) is 0 Å². The van der Waals surface area contributed by atoms with Crippen molar-refractivity contribution in [2.45, 2.75) is 6.54 Å². The number of carbonyl (C=O) groups is 1. The number of Topliss-reactive ketones (excluding diaryl/α,β-unsaturated/α-hetero) is 1. The van der Waals surface area contributed by atoms with E-state index in [0.717, 1.165) is 22.3 Å². The average molecular weight is 341 g/mol. The molecule has 0 fully saturated rings. The highest BCUT2D eigenvalue weighted by Gasteiger charge is 2.23. The molecule has 2 aromatic carbocycles. The largest absolute Gasteiger partial charge is 0.399 e. The molecule has 2 N–H and O–H groups in total. The number of rotatable bonds is 2. The number of aromatic nitrogens is 4. The molecule has 2 aromatic heterocycles. The molecule has 0 aliphatic carbocycles. The van der Waals surface area contributed by atoms with Crippen LogP contribution in [-0.4, -0.2) is 25.3 Å². The molecule has 0 radical (unpaired) electrons. The Kier molecular flexibility index (Phi) is 3.05. The highest BCUT2D eigenvalue weighted by atomic mass is 16.1. The van der Waals surface area contributed by atoms with Gasteiger partial charge in [0.25, 0.3) is 0 Å². The van der Waals surface area contributed by atoms with Gasteiger partial charge in [0.15, 0.2) is 0 Å². The second kappa shape index (κ2) is 5.42. The molecular formula is C20H15N5O. The molecule has 3 heterocycles. The van der Waals surface area contributed by atoms with Crippen molar-refractivity contribution in [3.8, 4) is 0 Å². The van der Waals surface area contributed by atoms with E-state index in [0.29, 0.717) is 23.5 Å². The van der Waals surface area contributed by atoms with Gasteiger partial charge in [0.1, 0.15) is 5.70 Å². The van der Waals surface area contributed by atoms with Crippen molar-refractivity contribution >= 4 is 34.1 Å². The summed E-state index contributed by atoms with van der Waals surface area (Å²) in [7, 11) is 0. The third-order valence-corrected chi connectivity index (χ3v) is 4.68. The van der Waals surface area contributed by atoms with Gasteiger partial charge >= 0.3 is 0 Å². The Bertz CT molecular complexity index is 1200. The molecule has 0 saturated carbocycles. The number of hydrogen-bond acceptors (Lipinski definition) is 4. The summed E-state index contributed by atoms with van der Waals surface area (Å²) < 4.78 is 3.79. The number of nitrogens with zero attached hydrogens (tertiary/aromatic N) is 4. The Morgan fingerprint density at radius 3 is 2.85 bits per heavy atom. The van der Waals surface area contributed by atoms with Crippen LogP contribution in [-0.2, 0) is 6.54 Å². The number of allylic oxidation sites excluding steroid dienone is 1. The molecule has 6 heteroatoms. The first-order valence-electron chi connectivity index (χ1n) is 8.31. The summed E-state index contributed by atoms with van der Waals surface area (Å²) in [5.74, 6) is -0.136. The van der Waals surface area contributed by atoms with Gasteiger partial charge < -0.3 is 10.3 Å². The first kappa shape index (κ1) is 14.7. The lowest BCUT2D eigenvalue weighted by Crippen LogP contribution is -2.13. The first-order chi connectivity index (χ1) is 12.7. The molecule has 1 aliphatic rings. The van der Waals surface area contributed by atoms with Crippen LogP contribution in [0.15, 0.2) is 60.8 Å². The van der Waals surface area contributed by atoms with E-state index in [1.807, 2.05) is 18.2 Å². The monoisotopic (exact) mass is 341 g/mol. The van der Waals surface area contributed by atoms with Crippen molar-refractivity contribution in [1.82, 2.24) is 19.6 Å². The van der Waals surface area contributed by atoms with Gasteiger partial charge in [-0.25, -0.2) is 4.68 Å². The van der Waals surface area contributed by atoms with Crippen LogP contribution in [0.5, 0.6) is 0 Å². The summed E-state index contributed by atoms with van der Waals surface area (Å²) in [6, 6.07) is 17.2. The topological polar surface area (TPSA) is 78.7 Å². The van der Waals surface area contributed by atoms with Crippen molar-refractivity contribution < 1.29 is 4.79 Å². The minimum Gasteiger partial charge on any atom is -0.399 e. The first-order valence-corrected chi connectivity index (χ1v) is 8.31. The van der Waals surface area contributed by atoms with Crippen molar-refractivity contribution in [1.29, 1.82) is 0 Å². The van der Waals surface area contributed by atoms with Crippen LogP contribution >= 0.6 is 0 Å². The van der Waals surface area contributed by atoms with Gasteiger partial charge in [0, 0.05) is 27.8 Å². The minimum absolute atomic E-state index is 0.136. The molecule has 0 spiro atoms. The maximum Gasteiger partial charge on any atom is 0.211 e. The second-order valence-corrected chi connectivity index (χ2v) is 6.34. The Labute approximate surface area is 149 Å². The number of ketones is 1. The summed E-state index contributed by atoms with van der Waals surface area (Å²) in [6.07, 6.45) is 3.57. The molecule has 0 bridgehead atoms. The summed E-state index contributed by atoms with van der Waals surface area (Å²) >= 11 is 0.